The second-order valence-electron chi connectivity index (χ2n) is 12.1. The van der Waals surface area contributed by atoms with Crippen LogP contribution in [0.25, 0.3) is 0 Å². The Kier molecular flexibility index (Phi) is 27.3. The van der Waals surface area contributed by atoms with Crippen molar-refractivity contribution in [1.29, 1.82) is 0 Å². The Morgan fingerprint density at radius 1 is 0.432 bits per heavy atom. The van der Waals surface area contributed by atoms with Gasteiger partial charge in [0, 0.05) is 13.0 Å². The van der Waals surface area contributed by atoms with Crippen LogP contribution >= 0.6 is 0 Å². The number of carbonyl (C=O) groups is 5. The van der Waals surface area contributed by atoms with E-state index in [2.05, 4.69) is 40.4 Å². The summed E-state index contributed by atoms with van der Waals surface area (Å²) in [6, 6.07) is -1.61. The van der Waals surface area contributed by atoms with Gasteiger partial charge in [-0.05, 0) is 26.7 Å². The molecule has 0 aromatic rings. The summed E-state index contributed by atoms with van der Waals surface area (Å²) in [6.07, 6.45) is 23.1. The molecule has 0 bridgehead atoms. The minimum Gasteiger partial charge on any atom is -0.354 e. The van der Waals surface area contributed by atoms with Crippen molar-refractivity contribution in [2.75, 3.05) is 19.6 Å². The number of nitrogens with one attached hydrogen (secondary N) is 5. The molecule has 0 saturated carbocycles. The molecule has 0 aliphatic heterocycles. The predicted molar refractivity (Wildman–Crippen MR) is 178 cm³/mol. The first-order valence-electron chi connectivity index (χ1n) is 17.6. The lowest BCUT2D eigenvalue weighted by atomic mass is 10.1. The van der Waals surface area contributed by atoms with Crippen molar-refractivity contribution in [3.63, 3.8) is 0 Å². The molecule has 0 radical (unpaired) electrons. The van der Waals surface area contributed by atoms with Crippen LogP contribution in [-0.4, -0.2) is 61.3 Å². The first-order valence-corrected chi connectivity index (χ1v) is 17.6. The normalized spacial score (nSPS) is 12.2. The summed E-state index contributed by atoms with van der Waals surface area (Å²) in [5.74, 6) is -1.96. The monoisotopic (exact) mass is 623 g/mol. The summed E-state index contributed by atoms with van der Waals surface area (Å²) in [5.41, 5.74) is 0. The van der Waals surface area contributed by atoms with Gasteiger partial charge in [-0.1, -0.05) is 123 Å². The van der Waals surface area contributed by atoms with Crippen molar-refractivity contribution in [2.24, 2.45) is 0 Å². The highest BCUT2D eigenvalue weighted by Crippen LogP contribution is 2.11. The van der Waals surface area contributed by atoms with E-state index in [1.807, 2.05) is 0 Å². The van der Waals surface area contributed by atoms with Crippen LogP contribution in [0.4, 0.5) is 0 Å². The van der Waals surface area contributed by atoms with Crippen LogP contribution in [0.15, 0.2) is 0 Å². The fraction of sp³-hybridized carbons (Fsp3) is 0.853. The SMILES string of the molecule is CCCCCCCCCCCCNC(=O)[C@H](C)NC(=O)CNC(=O)[C@H](C)NC(=O)CNC(=O)CCCCCCCCCCC. The Morgan fingerprint density at radius 2 is 0.795 bits per heavy atom. The molecular weight excluding hydrogens is 558 g/mol. The van der Waals surface area contributed by atoms with Crippen molar-refractivity contribution < 1.29 is 24.0 Å². The van der Waals surface area contributed by atoms with Gasteiger partial charge in [0.2, 0.25) is 29.5 Å². The molecule has 0 rings (SSSR count). The maximum atomic E-state index is 12.3. The molecule has 0 heterocycles. The summed E-state index contributed by atoms with van der Waals surface area (Å²) in [6.45, 7) is 7.58. The van der Waals surface area contributed by atoms with Gasteiger partial charge >= 0.3 is 0 Å². The maximum Gasteiger partial charge on any atom is 0.242 e. The molecule has 0 spiro atoms. The lowest BCUT2D eigenvalue weighted by molar-refractivity contribution is -0.131. The standard InChI is InChI=1S/C34H65N5O5/c1-5-7-9-11-13-15-17-19-21-23-25-35-33(43)28(3)38-32(42)27-37-34(44)29(4)39-31(41)26-36-30(40)24-22-20-18-16-14-12-10-8-6-2/h28-29H,5-27H2,1-4H3,(H,35,43)(H,36,40)(H,37,44)(H,38,42)(H,39,41)/t28-,29-/m0/s1. The zero-order valence-corrected chi connectivity index (χ0v) is 28.5. The van der Waals surface area contributed by atoms with E-state index in [0.29, 0.717) is 13.0 Å². The molecule has 0 aromatic carbocycles. The fourth-order valence-corrected chi connectivity index (χ4v) is 4.88. The van der Waals surface area contributed by atoms with E-state index < -0.39 is 29.8 Å². The van der Waals surface area contributed by atoms with Gasteiger partial charge in [-0.15, -0.1) is 0 Å². The molecule has 44 heavy (non-hydrogen) atoms. The summed E-state index contributed by atoms with van der Waals surface area (Å²) in [5, 5.41) is 13.0. The topological polar surface area (TPSA) is 146 Å². The largest absolute Gasteiger partial charge is 0.354 e. The van der Waals surface area contributed by atoms with Crippen molar-refractivity contribution in [1.82, 2.24) is 26.6 Å². The molecule has 2 atom stereocenters. The maximum absolute atomic E-state index is 12.3. The first-order chi connectivity index (χ1) is 21.2. The van der Waals surface area contributed by atoms with Gasteiger partial charge in [-0.25, -0.2) is 0 Å². The minimum absolute atomic E-state index is 0.182. The Bertz CT molecular complexity index is 792. The van der Waals surface area contributed by atoms with Crippen LogP contribution in [0.1, 0.15) is 156 Å². The Labute approximate surface area is 267 Å². The van der Waals surface area contributed by atoms with Gasteiger partial charge in [-0.2, -0.15) is 0 Å². The lowest BCUT2D eigenvalue weighted by Crippen LogP contribution is -2.51. The van der Waals surface area contributed by atoms with Gasteiger partial charge in [0.15, 0.2) is 0 Å². The number of rotatable bonds is 29. The van der Waals surface area contributed by atoms with Crippen molar-refractivity contribution in [3.8, 4) is 0 Å². The molecule has 10 nitrogen and oxygen atoms in total. The number of hydrogen-bond donors (Lipinski definition) is 5. The molecule has 0 aliphatic rings. The number of amides is 5. The van der Waals surface area contributed by atoms with Gasteiger partial charge in [0.1, 0.15) is 12.1 Å². The molecule has 10 heteroatoms. The first kappa shape index (κ1) is 41.4. The Morgan fingerprint density at radius 3 is 1.25 bits per heavy atom. The summed E-state index contributed by atoms with van der Waals surface area (Å²) in [4.78, 5) is 60.9. The smallest absolute Gasteiger partial charge is 0.242 e. The highest BCUT2D eigenvalue weighted by Gasteiger charge is 2.19. The van der Waals surface area contributed by atoms with E-state index in [0.717, 1.165) is 32.1 Å². The van der Waals surface area contributed by atoms with E-state index in [-0.39, 0.29) is 24.9 Å². The van der Waals surface area contributed by atoms with E-state index in [9.17, 15) is 24.0 Å². The third kappa shape index (κ3) is 25.8. The van der Waals surface area contributed by atoms with E-state index >= 15 is 0 Å². The summed E-state index contributed by atoms with van der Waals surface area (Å²) in [7, 11) is 0. The zero-order valence-electron chi connectivity index (χ0n) is 28.5. The minimum atomic E-state index is -0.883. The summed E-state index contributed by atoms with van der Waals surface area (Å²) >= 11 is 0. The molecule has 0 aromatic heterocycles. The average Bonchev–Trinajstić information content (AvgIpc) is 3.00. The van der Waals surface area contributed by atoms with Crippen molar-refractivity contribution in [3.05, 3.63) is 0 Å². The van der Waals surface area contributed by atoms with Gasteiger partial charge in [0.05, 0.1) is 13.1 Å². The predicted octanol–water partition coefficient (Wildman–Crippen LogP) is 5.19. The number of carbonyl (C=O) groups excluding carboxylic acids is 5. The third-order valence-electron chi connectivity index (χ3n) is 7.75. The van der Waals surface area contributed by atoms with Crippen LogP contribution in [-0.2, 0) is 24.0 Å². The van der Waals surface area contributed by atoms with Crippen LogP contribution in [0.2, 0.25) is 0 Å². The fourth-order valence-electron chi connectivity index (χ4n) is 4.88. The van der Waals surface area contributed by atoms with E-state index in [1.54, 1.807) is 6.92 Å². The second-order valence-corrected chi connectivity index (χ2v) is 12.1. The van der Waals surface area contributed by atoms with E-state index in [4.69, 9.17) is 0 Å². The second kappa shape index (κ2) is 29.1. The average molecular weight is 624 g/mol. The highest BCUT2D eigenvalue weighted by atomic mass is 16.2. The van der Waals surface area contributed by atoms with Gasteiger partial charge < -0.3 is 26.6 Å². The Hall–Kier alpha value is -2.65. The molecule has 0 fully saturated rings. The number of unbranched alkanes of at least 4 members (excludes halogenated alkanes) is 17. The molecule has 0 saturated heterocycles. The molecule has 5 amide bonds. The van der Waals surface area contributed by atoms with Crippen LogP contribution < -0.4 is 26.6 Å². The number of hydrogen-bond acceptors (Lipinski definition) is 5. The lowest BCUT2D eigenvalue weighted by Gasteiger charge is -2.16. The van der Waals surface area contributed by atoms with Crippen LogP contribution in [0, 0.1) is 0 Å². The van der Waals surface area contributed by atoms with E-state index in [1.165, 1.54) is 96.8 Å². The van der Waals surface area contributed by atoms with Gasteiger partial charge in [-0.3, -0.25) is 24.0 Å². The molecule has 0 unspecified atom stereocenters. The Balaban J connectivity index is 3.89. The summed E-state index contributed by atoms with van der Waals surface area (Å²) < 4.78 is 0. The third-order valence-corrected chi connectivity index (χ3v) is 7.75. The van der Waals surface area contributed by atoms with Crippen LogP contribution in [0.5, 0.6) is 0 Å². The van der Waals surface area contributed by atoms with Crippen molar-refractivity contribution >= 4 is 29.5 Å². The zero-order chi connectivity index (χ0) is 32.8. The highest BCUT2D eigenvalue weighted by molar-refractivity contribution is 5.93. The molecular formula is C34H65N5O5. The quantitative estimate of drug-likeness (QED) is 0.0729. The molecule has 5 N–H and O–H groups in total. The van der Waals surface area contributed by atoms with Crippen LogP contribution in [0.3, 0.4) is 0 Å². The molecule has 256 valence electrons. The van der Waals surface area contributed by atoms with Gasteiger partial charge in [0.25, 0.3) is 0 Å². The molecule has 0 aliphatic carbocycles. The van der Waals surface area contributed by atoms with Crippen molar-refractivity contribution in [2.45, 2.75) is 168 Å².